The van der Waals surface area contributed by atoms with Crippen molar-refractivity contribution in [3.63, 3.8) is 0 Å². The van der Waals surface area contributed by atoms with Gasteiger partial charge in [0.05, 0.1) is 0 Å². The Hall–Kier alpha value is -0.520. The van der Waals surface area contributed by atoms with Gasteiger partial charge in [-0.15, -0.1) is 0 Å². The van der Waals surface area contributed by atoms with Gasteiger partial charge in [-0.1, -0.05) is 39.0 Å². The zero-order chi connectivity index (χ0) is 8.93. The van der Waals surface area contributed by atoms with Crippen LogP contribution in [-0.4, -0.2) is 0 Å². The third-order valence-corrected chi connectivity index (χ3v) is 3.78. The first kappa shape index (κ1) is 8.10. The maximum absolute atomic E-state index is 3.92. The van der Waals surface area contributed by atoms with E-state index in [0.717, 1.165) is 11.8 Å². The van der Waals surface area contributed by atoms with Crippen LogP contribution in [0.5, 0.6) is 0 Å². The molecule has 0 saturated heterocycles. The summed E-state index contributed by atoms with van der Waals surface area (Å²) >= 11 is 0. The van der Waals surface area contributed by atoms with Crippen molar-refractivity contribution in [1.29, 1.82) is 0 Å². The lowest BCUT2D eigenvalue weighted by Gasteiger charge is -2.16. The van der Waals surface area contributed by atoms with E-state index < -0.39 is 0 Å². The summed E-state index contributed by atoms with van der Waals surface area (Å²) in [6.45, 7) is 11.0. The molecule has 0 spiro atoms. The highest BCUT2D eigenvalue weighted by molar-refractivity contribution is 5.46. The maximum Gasteiger partial charge on any atom is -0.00698 e. The number of hydrogen-bond acceptors (Lipinski definition) is 0. The Morgan fingerprint density at radius 3 is 2.58 bits per heavy atom. The van der Waals surface area contributed by atoms with Crippen LogP contribution in [0.25, 0.3) is 0 Å². The molecule has 0 amide bonds. The molecular weight excluding hydrogens is 144 g/mol. The van der Waals surface area contributed by atoms with E-state index in [1.165, 1.54) is 12.8 Å². The summed E-state index contributed by atoms with van der Waals surface area (Å²) in [6, 6.07) is 0. The summed E-state index contributed by atoms with van der Waals surface area (Å²) in [5.41, 5.74) is 3.77. The molecule has 0 radical (unpaired) electrons. The summed E-state index contributed by atoms with van der Waals surface area (Å²) in [6.07, 6.45) is 4.85. The lowest BCUT2D eigenvalue weighted by molar-refractivity contribution is 0.482. The largest absolute Gasteiger partial charge is 0.0988 e. The summed E-state index contributed by atoms with van der Waals surface area (Å²) < 4.78 is 0. The molecule has 0 bridgehead atoms. The molecule has 0 aromatic rings. The number of rotatable bonds is 1. The molecule has 0 heteroatoms. The second-order valence-electron chi connectivity index (χ2n) is 4.83. The second kappa shape index (κ2) is 2.25. The maximum atomic E-state index is 3.92. The molecule has 0 nitrogen and oxygen atoms in total. The van der Waals surface area contributed by atoms with Gasteiger partial charge >= 0.3 is 0 Å². The molecule has 66 valence electrons. The minimum atomic E-state index is 0.508. The highest BCUT2D eigenvalue weighted by Crippen LogP contribution is 2.64. The summed E-state index contributed by atoms with van der Waals surface area (Å²) in [5, 5.41) is 0. The van der Waals surface area contributed by atoms with Gasteiger partial charge in [0.1, 0.15) is 0 Å². The molecule has 2 atom stereocenters. The Morgan fingerprint density at radius 2 is 2.08 bits per heavy atom. The molecule has 1 fully saturated rings. The molecule has 2 rings (SSSR count). The molecule has 2 unspecified atom stereocenters. The van der Waals surface area contributed by atoms with Gasteiger partial charge in [0, 0.05) is 0 Å². The first-order valence-corrected chi connectivity index (χ1v) is 4.96. The molecule has 2 aliphatic rings. The van der Waals surface area contributed by atoms with Crippen LogP contribution in [0, 0.1) is 17.3 Å². The van der Waals surface area contributed by atoms with Crippen molar-refractivity contribution in [2.45, 2.75) is 33.6 Å². The molecule has 0 aromatic heterocycles. The van der Waals surface area contributed by atoms with E-state index in [9.17, 15) is 0 Å². The van der Waals surface area contributed by atoms with Gasteiger partial charge in [0.25, 0.3) is 0 Å². The van der Waals surface area contributed by atoms with Crippen LogP contribution in [0.1, 0.15) is 33.6 Å². The van der Waals surface area contributed by atoms with Crippen LogP contribution in [0.4, 0.5) is 0 Å². The van der Waals surface area contributed by atoms with E-state index in [1.807, 2.05) is 0 Å². The van der Waals surface area contributed by atoms with Crippen molar-refractivity contribution < 1.29 is 0 Å². The van der Waals surface area contributed by atoms with E-state index in [0.29, 0.717) is 5.41 Å². The van der Waals surface area contributed by atoms with E-state index in [-0.39, 0.29) is 0 Å². The fourth-order valence-electron chi connectivity index (χ4n) is 2.87. The van der Waals surface area contributed by atoms with Gasteiger partial charge < -0.3 is 0 Å². The Kier molecular flexibility index (Phi) is 1.51. The molecule has 0 aromatic carbocycles. The van der Waals surface area contributed by atoms with Gasteiger partial charge in [-0.3, -0.25) is 0 Å². The molecule has 0 N–H and O–H groups in total. The van der Waals surface area contributed by atoms with Crippen molar-refractivity contribution in [3.05, 3.63) is 23.8 Å². The molecular formula is C12H18. The SMILES string of the molecule is C=CC1=C2C(CCC1C)C2(C)C. The topological polar surface area (TPSA) is 0 Å². The van der Waals surface area contributed by atoms with Crippen LogP contribution >= 0.6 is 0 Å². The first-order chi connectivity index (χ1) is 5.59. The van der Waals surface area contributed by atoms with E-state index in [1.54, 1.807) is 11.1 Å². The van der Waals surface area contributed by atoms with Gasteiger partial charge in [0.15, 0.2) is 0 Å². The van der Waals surface area contributed by atoms with Crippen molar-refractivity contribution in [2.75, 3.05) is 0 Å². The Labute approximate surface area is 75.4 Å². The average molecular weight is 162 g/mol. The minimum absolute atomic E-state index is 0.508. The lowest BCUT2D eigenvalue weighted by Crippen LogP contribution is -2.02. The molecule has 0 aliphatic heterocycles. The monoisotopic (exact) mass is 162 g/mol. The fourth-order valence-corrected chi connectivity index (χ4v) is 2.87. The van der Waals surface area contributed by atoms with Crippen molar-refractivity contribution in [2.24, 2.45) is 17.3 Å². The van der Waals surface area contributed by atoms with Crippen molar-refractivity contribution >= 4 is 0 Å². The van der Waals surface area contributed by atoms with Crippen LogP contribution in [0.15, 0.2) is 23.8 Å². The van der Waals surface area contributed by atoms with Crippen molar-refractivity contribution in [3.8, 4) is 0 Å². The minimum Gasteiger partial charge on any atom is -0.0988 e. The average Bonchev–Trinajstić information content (AvgIpc) is 2.55. The Balaban J connectivity index is 2.41. The van der Waals surface area contributed by atoms with Crippen LogP contribution in [0.2, 0.25) is 0 Å². The smallest absolute Gasteiger partial charge is 0.00698 e. The third-order valence-electron chi connectivity index (χ3n) is 3.78. The summed E-state index contributed by atoms with van der Waals surface area (Å²) in [4.78, 5) is 0. The van der Waals surface area contributed by atoms with Crippen molar-refractivity contribution in [1.82, 2.24) is 0 Å². The quantitative estimate of drug-likeness (QED) is 0.553. The predicted molar refractivity (Wildman–Crippen MR) is 52.9 cm³/mol. The Morgan fingerprint density at radius 1 is 1.42 bits per heavy atom. The van der Waals surface area contributed by atoms with Crippen LogP contribution < -0.4 is 0 Å². The molecule has 0 heterocycles. The zero-order valence-corrected chi connectivity index (χ0v) is 8.35. The van der Waals surface area contributed by atoms with E-state index >= 15 is 0 Å². The van der Waals surface area contributed by atoms with Crippen LogP contribution in [-0.2, 0) is 0 Å². The summed E-state index contributed by atoms with van der Waals surface area (Å²) in [7, 11) is 0. The standard InChI is InChI=1S/C12H18/c1-5-9-8(2)6-7-10-11(9)12(10,3)4/h5,8,10H,1,6-7H2,2-4H3. The molecule has 12 heavy (non-hydrogen) atoms. The fraction of sp³-hybridized carbons (Fsp3) is 0.667. The Bertz CT molecular complexity index is 255. The highest BCUT2D eigenvalue weighted by Gasteiger charge is 2.54. The highest BCUT2D eigenvalue weighted by atomic mass is 14.6. The molecule has 2 aliphatic carbocycles. The second-order valence-corrected chi connectivity index (χ2v) is 4.83. The number of hydrogen-bond donors (Lipinski definition) is 0. The van der Waals surface area contributed by atoms with Gasteiger partial charge in [-0.2, -0.15) is 0 Å². The van der Waals surface area contributed by atoms with Crippen LogP contribution in [0.3, 0.4) is 0 Å². The third kappa shape index (κ3) is 0.840. The normalized spacial score (nSPS) is 37.6. The molecule has 1 saturated carbocycles. The number of fused-ring (bicyclic) bond motifs is 1. The summed E-state index contributed by atoms with van der Waals surface area (Å²) in [5.74, 6) is 1.65. The van der Waals surface area contributed by atoms with Gasteiger partial charge in [0.2, 0.25) is 0 Å². The zero-order valence-electron chi connectivity index (χ0n) is 8.35. The first-order valence-electron chi connectivity index (χ1n) is 4.96. The van der Waals surface area contributed by atoms with E-state index in [2.05, 4.69) is 33.4 Å². The number of allylic oxidation sites excluding steroid dienone is 3. The van der Waals surface area contributed by atoms with Gasteiger partial charge in [-0.05, 0) is 35.7 Å². The lowest BCUT2D eigenvalue weighted by atomic mass is 9.89. The van der Waals surface area contributed by atoms with E-state index in [4.69, 9.17) is 0 Å². The predicted octanol–water partition coefficient (Wildman–Crippen LogP) is 3.55. The van der Waals surface area contributed by atoms with Gasteiger partial charge in [-0.25, -0.2) is 0 Å².